The fourth-order valence-electron chi connectivity index (χ4n) is 2.01. The van der Waals surface area contributed by atoms with Crippen molar-refractivity contribution in [1.82, 2.24) is 5.16 Å². The summed E-state index contributed by atoms with van der Waals surface area (Å²) in [5.74, 6) is -2.99. The largest absolute Gasteiger partial charge is 0.355 e. The predicted molar refractivity (Wildman–Crippen MR) is 76.2 cm³/mol. The number of amides is 1. The normalized spacial score (nSPS) is 10.6. The van der Waals surface area contributed by atoms with Crippen LogP contribution in [-0.4, -0.2) is 11.1 Å². The van der Waals surface area contributed by atoms with E-state index >= 15 is 0 Å². The Morgan fingerprint density at radius 2 is 1.65 bits per heavy atom. The average Bonchev–Trinajstić information content (AvgIpc) is 3.01. The molecule has 116 valence electrons. The van der Waals surface area contributed by atoms with Crippen LogP contribution >= 0.6 is 0 Å². The standard InChI is InChI=1S/C16H9F3N2O2/c17-10-6-4-9(5-7-10)15-11(8-20-23-15)16(22)21-14-12(18)2-1-3-13(14)19/h1-8H,(H,21,22). The maximum absolute atomic E-state index is 13.6. The third kappa shape index (κ3) is 2.94. The number of hydrogen-bond donors (Lipinski definition) is 1. The van der Waals surface area contributed by atoms with Crippen molar-refractivity contribution in [3.8, 4) is 11.3 Å². The lowest BCUT2D eigenvalue weighted by molar-refractivity contribution is 0.102. The molecule has 0 aliphatic carbocycles. The zero-order valence-electron chi connectivity index (χ0n) is 11.5. The Balaban J connectivity index is 1.92. The first-order valence-corrected chi connectivity index (χ1v) is 6.52. The first-order chi connectivity index (χ1) is 11.1. The Morgan fingerprint density at radius 3 is 2.30 bits per heavy atom. The number of anilines is 1. The number of rotatable bonds is 3. The van der Waals surface area contributed by atoms with Crippen LogP contribution in [0.5, 0.6) is 0 Å². The van der Waals surface area contributed by atoms with Gasteiger partial charge in [-0.1, -0.05) is 11.2 Å². The number of para-hydroxylation sites is 1. The molecule has 0 aliphatic rings. The van der Waals surface area contributed by atoms with Crippen LogP contribution in [0.25, 0.3) is 11.3 Å². The molecule has 1 heterocycles. The minimum atomic E-state index is -0.905. The summed E-state index contributed by atoms with van der Waals surface area (Å²) >= 11 is 0. The van der Waals surface area contributed by atoms with Gasteiger partial charge >= 0.3 is 0 Å². The molecule has 3 rings (SSSR count). The van der Waals surface area contributed by atoms with E-state index in [1.165, 1.54) is 30.3 Å². The van der Waals surface area contributed by atoms with Gasteiger partial charge in [0.25, 0.3) is 5.91 Å². The first-order valence-electron chi connectivity index (χ1n) is 6.52. The molecular weight excluding hydrogens is 309 g/mol. The third-order valence-corrected chi connectivity index (χ3v) is 3.12. The second-order valence-corrected chi connectivity index (χ2v) is 4.63. The molecule has 0 unspecified atom stereocenters. The Bertz CT molecular complexity index is 840. The number of aromatic nitrogens is 1. The van der Waals surface area contributed by atoms with E-state index in [0.29, 0.717) is 5.56 Å². The van der Waals surface area contributed by atoms with Crippen molar-refractivity contribution in [2.24, 2.45) is 0 Å². The molecule has 1 amide bonds. The van der Waals surface area contributed by atoms with Crippen LogP contribution < -0.4 is 5.32 Å². The zero-order valence-corrected chi connectivity index (χ0v) is 11.5. The number of halogens is 3. The lowest BCUT2D eigenvalue weighted by Crippen LogP contribution is -2.14. The van der Waals surface area contributed by atoms with Gasteiger partial charge in [0, 0.05) is 5.56 Å². The van der Waals surface area contributed by atoms with Crippen LogP contribution in [0.15, 0.2) is 53.2 Å². The van der Waals surface area contributed by atoms with E-state index in [0.717, 1.165) is 18.3 Å². The molecule has 1 aromatic heterocycles. The van der Waals surface area contributed by atoms with Crippen molar-refractivity contribution in [3.05, 3.63) is 71.7 Å². The molecule has 2 aromatic carbocycles. The van der Waals surface area contributed by atoms with Crippen LogP contribution in [0, 0.1) is 17.5 Å². The van der Waals surface area contributed by atoms with E-state index in [9.17, 15) is 18.0 Å². The quantitative estimate of drug-likeness (QED) is 0.794. The molecule has 3 aromatic rings. The highest BCUT2D eigenvalue weighted by atomic mass is 19.1. The highest BCUT2D eigenvalue weighted by molar-refractivity contribution is 6.07. The fraction of sp³-hybridized carbons (Fsp3) is 0. The number of hydrogen-bond acceptors (Lipinski definition) is 3. The van der Waals surface area contributed by atoms with Crippen molar-refractivity contribution in [2.45, 2.75) is 0 Å². The lowest BCUT2D eigenvalue weighted by Gasteiger charge is -2.07. The van der Waals surface area contributed by atoms with Gasteiger partial charge in [0.15, 0.2) is 5.76 Å². The third-order valence-electron chi connectivity index (χ3n) is 3.12. The summed E-state index contributed by atoms with van der Waals surface area (Å²) in [6.07, 6.45) is 1.12. The van der Waals surface area contributed by atoms with Crippen molar-refractivity contribution >= 4 is 11.6 Å². The maximum atomic E-state index is 13.6. The Hall–Kier alpha value is -3.09. The van der Waals surface area contributed by atoms with Gasteiger partial charge in [-0.3, -0.25) is 4.79 Å². The van der Waals surface area contributed by atoms with Gasteiger partial charge in [0.2, 0.25) is 0 Å². The minimum absolute atomic E-state index is 0.0285. The molecule has 0 radical (unpaired) electrons. The summed E-state index contributed by atoms with van der Waals surface area (Å²) in [7, 11) is 0. The van der Waals surface area contributed by atoms with Crippen LogP contribution in [0.3, 0.4) is 0 Å². The van der Waals surface area contributed by atoms with Gasteiger partial charge in [-0.05, 0) is 36.4 Å². The topological polar surface area (TPSA) is 55.1 Å². The summed E-state index contributed by atoms with van der Waals surface area (Å²) < 4.78 is 45.1. The van der Waals surface area contributed by atoms with E-state index in [4.69, 9.17) is 4.52 Å². The molecule has 0 aliphatic heterocycles. The molecule has 23 heavy (non-hydrogen) atoms. The highest BCUT2D eigenvalue weighted by Gasteiger charge is 2.20. The second kappa shape index (κ2) is 5.96. The number of benzene rings is 2. The smallest absolute Gasteiger partial charge is 0.261 e. The molecule has 0 saturated heterocycles. The van der Waals surface area contributed by atoms with Crippen LogP contribution in [0.2, 0.25) is 0 Å². The van der Waals surface area contributed by atoms with Crippen LogP contribution in [0.4, 0.5) is 18.9 Å². The fourth-order valence-corrected chi connectivity index (χ4v) is 2.01. The Kier molecular flexibility index (Phi) is 3.84. The molecule has 4 nitrogen and oxygen atoms in total. The minimum Gasteiger partial charge on any atom is -0.355 e. The van der Waals surface area contributed by atoms with Crippen LogP contribution in [-0.2, 0) is 0 Å². The number of carbonyl (C=O) groups is 1. The summed E-state index contributed by atoms with van der Waals surface area (Å²) in [5, 5.41) is 5.65. The molecule has 0 spiro atoms. The average molecular weight is 318 g/mol. The Morgan fingerprint density at radius 1 is 1.00 bits per heavy atom. The van der Waals surface area contributed by atoms with Gasteiger partial charge in [-0.15, -0.1) is 0 Å². The number of nitrogens with one attached hydrogen (secondary N) is 1. The molecule has 0 saturated carbocycles. The SMILES string of the molecule is O=C(Nc1c(F)cccc1F)c1cnoc1-c1ccc(F)cc1. The van der Waals surface area contributed by atoms with Gasteiger partial charge in [0.05, 0.1) is 6.20 Å². The summed E-state index contributed by atoms with van der Waals surface area (Å²) in [4.78, 5) is 12.2. The highest BCUT2D eigenvalue weighted by Crippen LogP contribution is 2.26. The van der Waals surface area contributed by atoms with Gasteiger partial charge in [0.1, 0.15) is 28.7 Å². The van der Waals surface area contributed by atoms with Gasteiger partial charge in [-0.25, -0.2) is 13.2 Å². The molecule has 7 heteroatoms. The van der Waals surface area contributed by atoms with Crippen molar-refractivity contribution in [1.29, 1.82) is 0 Å². The number of carbonyl (C=O) groups excluding carboxylic acids is 1. The predicted octanol–water partition coefficient (Wildman–Crippen LogP) is 4.01. The first kappa shape index (κ1) is 14.8. The zero-order chi connectivity index (χ0) is 16.4. The van der Waals surface area contributed by atoms with Gasteiger partial charge in [-0.2, -0.15) is 0 Å². The van der Waals surface area contributed by atoms with Gasteiger partial charge < -0.3 is 9.84 Å². The van der Waals surface area contributed by atoms with Crippen molar-refractivity contribution in [2.75, 3.05) is 5.32 Å². The second-order valence-electron chi connectivity index (χ2n) is 4.63. The number of nitrogens with zero attached hydrogens (tertiary/aromatic N) is 1. The molecule has 0 bridgehead atoms. The van der Waals surface area contributed by atoms with E-state index < -0.39 is 29.0 Å². The summed E-state index contributed by atoms with van der Waals surface area (Å²) in [5.41, 5.74) is -0.189. The van der Waals surface area contributed by atoms with Crippen molar-refractivity contribution < 1.29 is 22.5 Å². The van der Waals surface area contributed by atoms with Crippen LogP contribution in [0.1, 0.15) is 10.4 Å². The molecule has 0 atom stereocenters. The lowest BCUT2D eigenvalue weighted by atomic mass is 10.1. The van der Waals surface area contributed by atoms with E-state index in [1.54, 1.807) is 0 Å². The monoisotopic (exact) mass is 318 g/mol. The Labute approximate surface area is 128 Å². The van der Waals surface area contributed by atoms with Crippen molar-refractivity contribution in [3.63, 3.8) is 0 Å². The molecule has 1 N–H and O–H groups in total. The summed E-state index contributed by atoms with van der Waals surface area (Å²) in [6, 6.07) is 8.41. The molecule has 0 fully saturated rings. The summed E-state index contributed by atoms with van der Waals surface area (Å²) in [6.45, 7) is 0. The maximum Gasteiger partial charge on any atom is 0.261 e. The van der Waals surface area contributed by atoms with E-state index in [2.05, 4.69) is 10.5 Å². The van der Waals surface area contributed by atoms with E-state index in [1.807, 2.05) is 0 Å². The molecular formula is C16H9F3N2O2. The van der Waals surface area contributed by atoms with E-state index in [-0.39, 0.29) is 11.3 Å².